The van der Waals surface area contributed by atoms with E-state index in [1.165, 1.54) is 89.5 Å². The van der Waals surface area contributed by atoms with Crippen molar-refractivity contribution in [1.82, 2.24) is 0 Å². The van der Waals surface area contributed by atoms with Crippen LogP contribution in [-0.2, 0) is 24.6 Å². The molecule has 0 saturated carbocycles. The molecule has 1 rings (SSSR count). The van der Waals surface area contributed by atoms with E-state index in [0.29, 0.717) is 18.8 Å². The zero-order valence-corrected chi connectivity index (χ0v) is 23.4. The molecule has 0 aliphatic rings. The standard InChI is InChI=1S/C27H49NO6Si/c1-31-35(32-2,33-3)24-20-16-14-12-10-8-6-4-5-7-9-11-13-15-19-23-34-25-26-21-17-18-22-27(26)28(29)30/h17-18,21-22H,4-16,19-20,23-25H2,1-3H3. The minimum absolute atomic E-state index is 0.143. The highest BCUT2D eigenvalue weighted by Crippen LogP contribution is 2.20. The van der Waals surface area contributed by atoms with Crippen LogP contribution in [0.15, 0.2) is 24.3 Å². The topological polar surface area (TPSA) is 80.1 Å². The lowest BCUT2D eigenvalue weighted by Gasteiger charge is -2.24. The van der Waals surface area contributed by atoms with Crippen LogP contribution in [0.5, 0.6) is 0 Å². The van der Waals surface area contributed by atoms with Gasteiger partial charge in [-0.3, -0.25) is 10.1 Å². The van der Waals surface area contributed by atoms with Crippen molar-refractivity contribution in [2.45, 2.75) is 109 Å². The quantitative estimate of drug-likeness (QED) is 0.0608. The van der Waals surface area contributed by atoms with Crippen LogP contribution in [-0.4, -0.2) is 41.7 Å². The second-order valence-electron chi connectivity index (χ2n) is 9.29. The fourth-order valence-electron chi connectivity index (χ4n) is 4.39. The Kier molecular flexibility index (Phi) is 18.9. The first kappa shape index (κ1) is 31.7. The van der Waals surface area contributed by atoms with Crippen molar-refractivity contribution in [2.24, 2.45) is 0 Å². The molecule has 8 heteroatoms. The van der Waals surface area contributed by atoms with E-state index in [0.717, 1.165) is 18.9 Å². The summed E-state index contributed by atoms with van der Waals surface area (Å²) in [5.41, 5.74) is 0.794. The number of ether oxygens (including phenoxy) is 1. The van der Waals surface area contributed by atoms with Gasteiger partial charge in [0.2, 0.25) is 0 Å². The van der Waals surface area contributed by atoms with Crippen molar-refractivity contribution in [1.29, 1.82) is 0 Å². The first-order valence-corrected chi connectivity index (χ1v) is 15.5. The first-order valence-electron chi connectivity index (χ1n) is 13.5. The van der Waals surface area contributed by atoms with Gasteiger partial charge >= 0.3 is 8.80 Å². The van der Waals surface area contributed by atoms with E-state index < -0.39 is 8.80 Å². The Morgan fingerprint density at radius 2 is 1.11 bits per heavy atom. The van der Waals surface area contributed by atoms with Crippen LogP contribution < -0.4 is 0 Å². The average molecular weight is 512 g/mol. The number of rotatable bonds is 24. The number of nitro benzene ring substituents is 1. The monoisotopic (exact) mass is 511 g/mol. The summed E-state index contributed by atoms with van der Waals surface area (Å²) >= 11 is 0. The molecular formula is C27H49NO6Si. The lowest BCUT2D eigenvalue weighted by Crippen LogP contribution is -2.42. The molecule has 7 nitrogen and oxygen atoms in total. The molecule has 0 bridgehead atoms. The van der Waals surface area contributed by atoms with Gasteiger partial charge in [-0.25, -0.2) is 0 Å². The summed E-state index contributed by atoms with van der Waals surface area (Å²) in [6, 6.07) is 7.70. The van der Waals surface area contributed by atoms with Crippen molar-refractivity contribution >= 4 is 14.5 Å². The van der Waals surface area contributed by atoms with E-state index in [9.17, 15) is 10.1 Å². The smallest absolute Gasteiger partial charge is 0.377 e. The van der Waals surface area contributed by atoms with Gasteiger partial charge < -0.3 is 18.0 Å². The molecule has 0 heterocycles. The Balaban J connectivity index is 1.82. The van der Waals surface area contributed by atoms with E-state index in [1.54, 1.807) is 33.5 Å². The largest absolute Gasteiger partial charge is 0.500 e. The average Bonchev–Trinajstić information content (AvgIpc) is 2.88. The molecule has 0 spiro atoms. The molecule has 0 unspecified atom stereocenters. The Morgan fingerprint density at radius 3 is 1.57 bits per heavy atom. The molecule has 0 fully saturated rings. The molecule has 0 aromatic heterocycles. The third kappa shape index (κ3) is 14.7. The summed E-state index contributed by atoms with van der Waals surface area (Å²) in [5.74, 6) is 0. The molecule has 1 aromatic carbocycles. The molecule has 0 radical (unpaired) electrons. The summed E-state index contributed by atoms with van der Waals surface area (Å²) in [6.07, 6.45) is 19.2. The highest BCUT2D eigenvalue weighted by Gasteiger charge is 2.36. The van der Waals surface area contributed by atoms with Crippen LogP contribution in [0.4, 0.5) is 5.69 Å². The predicted molar refractivity (Wildman–Crippen MR) is 144 cm³/mol. The van der Waals surface area contributed by atoms with Crippen molar-refractivity contribution in [2.75, 3.05) is 27.9 Å². The Morgan fingerprint density at radius 1 is 0.686 bits per heavy atom. The minimum Gasteiger partial charge on any atom is -0.377 e. The molecule has 0 aliphatic heterocycles. The first-order chi connectivity index (χ1) is 17.1. The van der Waals surface area contributed by atoms with Gasteiger partial charge in [-0.2, -0.15) is 0 Å². The fraction of sp³-hybridized carbons (Fsp3) is 0.778. The van der Waals surface area contributed by atoms with Gasteiger partial charge in [0.1, 0.15) is 0 Å². The molecule has 0 aliphatic carbocycles. The number of unbranched alkanes of at least 4 members (excludes halogenated alkanes) is 14. The van der Waals surface area contributed by atoms with Crippen LogP contribution in [0, 0.1) is 10.1 Å². The van der Waals surface area contributed by atoms with E-state index >= 15 is 0 Å². The van der Waals surface area contributed by atoms with Gasteiger partial charge in [0.05, 0.1) is 17.1 Å². The molecule has 0 amide bonds. The second-order valence-corrected chi connectivity index (χ2v) is 12.4. The maximum Gasteiger partial charge on any atom is 0.500 e. The van der Waals surface area contributed by atoms with E-state index in [1.807, 2.05) is 6.07 Å². The third-order valence-corrected chi connectivity index (χ3v) is 9.48. The highest BCUT2D eigenvalue weighted by atomic mass is 28.4. The second kappa shape index (κ2) is 20.8. The number of para-hydroxylation sites is 1. The van der Waals surface area contributed by atoms with Crippen molar-refractivity contribution < 1.29 is 22.9 Å². The molecule has 0 N–H and O–H groups in total. The number of nitro groups is 1. The number of benzene rings is 1. The van der Waals surface area contributed by atoms with Crippen LogP contribution in [0.3, 0.4) is 0 Å². The van der Waals surface area contributed by atoms with Crippen molar-refractivity contribution in [3.8, 4) is 0 Å². The predicted octanol–water partition coefficient (Wildman–Crippen LogP) is 7.84. The van der Waals surface area contributed by atoms with Crippen molar-refractivity contribution in [3.05, 3.63) is 39.9 Å². The third-order valence-electron chi connectivity index (χ3n) is 6.65. The lowest BCUT2D eigenvalue weighted by atomic mass is 10.0. The van der Waals surface area contributed by atoms with Gasteiger partial charge in [-0.05, 0) is 18.9 Å². The number of hydrogen-bond acceptors (Lipinski definition) is 6. The summed E-state index contributed by atoms with van der Waals surface area (Å²) in [7, 11) is 2.68. The van der Waals surface area contributed by atoms with Crippen LogP contribution >= 0.6 is 0 Å². The van der Waals surface area contributed by atoms with Crippen LogP contribution in [0.25, 0.3) is 0 Å². The lowest BCUT2D eigenvalue weighted by molar-refractivity contribution is -0.385. The van der Waals surface area contributed by atoms with Crippen LogP contribution in [0.1, 0.15) is 102 Å². The summed E-state index contributed by atoms with van der Waals surface area (Å²) in [6.45, 7) is 0.984. The fourth-order valence-corrected chi connectivity index (χ4v) is 6.19. The Bertz CT molecular complexity index is 648. The van der Waals surface area contributed by atoms with Gasteiger partial charge in [0.25, 0.3) is 5.69 Å². The minimum atomic E-state index is -2.37. The maximum absolute atomic E-state index is 11.0. The number of nitrogens with zero attached hydrogens (tertiary/aromatic N) is 1. The van der Waals surface area contributed by atoms with E-state index in [-0.39, 0.29) is 10.6 Å². The SMILES string of the molecule is CO[Si](CCCCCCCCCCCCCCCCCOCc1ccccc1[N+](=O)[O-])(OC)OC. The zero-order valence-electron chi connectivity index (χ0n) is 22.4. The van der Waals surface area contributed by atoms with Gasteiger partial charge in [0.15, 0.2) is 0 Å². The highest BCUT2D eigenvalue weighted by molar-refractivity contribution is 6.60. The molecule has 1 aromatic rings. The Hall–Kier alpha value is -1.32. The van der Waals surface area contributed by atoms with Gasteiger partial charge in [-0.15, -0.1) is 0 Å². The Labute approximate surface area is 214 Å². The van der Waals surface area contributed by atoms with E-state index in [4.69, 9.17) is 18.0 Å². The maximum atomic E-state index is 11.0. The van der Waals surface area contributed by atoms with Crippen LogP contribution in [0.2, 0.25) is 6.04 Å². The number of hydrogen-bond donors (Lipinski definition) is 0. The molecule has 35 heavy (non-hydrogen) atoms. The summed E-state index contributed by atoms with van der Waals surface area (Å²) in [4.78, 5) is 10.7. The van der Waals surface area contributed by atoms with E-state index in [2.05, 4.69) is 0 Å². The summed E-state index contributed by atoms with van der Waals surface area (Å²) in [5, 5.41) is 11.0. The van der Waals surface area contributed by atoms with Gasteiger partial charge in [-0.1, -0.05) is 95.6 Å². The molecule has 202 valence electrons. The zero-order chi connectivity index (χ0) is 25.6. The summed E-state index contributed by atoms with van der Waals surface area (Å²) < 4.78 is 22.0. The van der Waals surface area contributed by atoms with Gasteiger partial charge in [0, 0.05) is 40.0 Å². The van der Waals surface area contributed by atoms with Crippen molar-refractivity contribution in [3.63, 3.8) is 0 Å². The normalized spacial score (nSPS) is 11.7. The molecule has 0 atom stereocenters. The molecule has 0 saturated heterocycles. The molecular weight excluding hydrogens is 462 g/mol.